The van der Waals surface area contributed by atoms with Crippen LogP contribution in [0.3, 0.4) is 0 Å². The van der Waals surface area contributed by atoms with Crippen LogP contribution in [0.4, 0.5) is 0 Å². The van der Waals surface area contributed by atoms with E-state index in [1.54, 1.807) is 18.7 Å². The Morgan fingerprint density at radius 1 is 1.00 bits per heavy atom. The highest BCUT2D eigenvalue weighted by molar-refractivity contribution is 7.99. The van der Waals surface area contributed by atoms with Gasteiger partial charge in [0.15, 0.2) is 0 Å². The maximum atomic E-state index is 11.5. The van der Waals surface area contributed by atoms with Gasteiger partial charge in [-0.1, -0.05) is 55.1 Å². The molecule has 1 atom stereocenters. The molecule has 0 bridgehead atoms. The van der Waals surface area contributed by atoms with E-state index in [4.69, 9.17) is 0 Å². The lowest BCUT2D eigenvalue weighted by atomic mass is 9.98. The first kappa shape index (κ1) is 12.9. The van der Waals surface area contributed by atoms with Gasteiger partial charge in [0.2, 0.25) is 0 Å². The van der Waals surface area contributed by atoms with E-state index in [0.717, 1.165) is 10.5 Å². The van der Waals surface area contributed by atoms with Gasteiger partial charge in [-0.2, -0.15) is 0 Å². The van der Waals surface area contributed by atoms with Crippen LogP contribution in [0.5, 0.6) is 0 Å². The Morgan fingerprint density at radius 2 is 1.61 bits per heavy atom. The minimum atomic E-state index is -0.0441. The number of Topliss-reactive ketones (excluding diaryl/α,β-unsaturated/α-hetero) is 1. The van der Waals surface area contributed by atoms with Crippen LogP contribution in [-0.2, 0) is 4.79 Å². The summed E-state index contributed by atoms with van der Waals surface area (Å²) in [5.41, 5.74) is 1.11. The van der Waals surface area contributed by atoms with Crippen molar-refractivity contribution < 1.29 is 4.79 Å². The lowest BCUT2D eigenvalue weighted by molar-refractivity contribution is -0.118. The van der Waals surface area contributed by atoms with Crippen LogP contribution in [0.25, 0.3) is 0 Å². The predicted octanol–water partition coefficient (Wildman–Crippen LogP) is 4.53. The summed E-state index contributed by atoms with van der Waals surface area (Å²) in [6.07, 6.45) is 0. The molecule has 0 fully saturated rings. The average molecular weight is 256 g/mol. The standard InChI is InChI=1S/C16H16OS/c1-12(13(2)17)15-10-6-7-11-16(15)18-14-8-4-3-5-9-14/h3-12H,1-2H3. The molecule has 2 rings (SSSR count). The van der Waals surface area contributed by atoms with Gasteiger partial charge in [0.25, 0.3) is 0 Å². The molecule has 0 N–H and O–H groups in total. The van der Waals surface area contributed by atoms with Gasteiger partial charge in [0, 0.05) is 15.7 Å². The Hall–Kier alpha value is -1.54. The predicted molar refractivity (Wildman–Crippen MR) is 76.1 cm³/mol. The summed E-state index contributed by atoms with van der Waals surface area (Å²) in [6, 6.07) is 18.3. The summed E-state index contributed by atoms with van der Waals surface area (Å²) in [7, 11) is 0. The molecule has 0 spiro atoms. The largest absolute Gasteiger partial charge is 0.299 e. The van der Waals surface area contributed by atoms with Crippen molar-refractivity contribution in [2.75, 3.05) is 0 Å². The summed E-state index contributed by atoms with van der Waals surface area (Å²) in [5, 5.41) is 0. The summed E-state index contributed by atoms with van der Waals surface area (Å²) >= 11 is 1.71. The molecule has 1 unspecified atom stereocenters. The number of benzene rings is 2. The van der Waals surface area contributed by atoms with Crippen LogP contribution in [0.1, 0.15) is 25.3 Å². The Morgan fingerprint density at radius 3 is 2.28 bits per heavy atom. The summed E-state index contributed by atoms with van der Waals surface area (Å²) in [5.74, 6) is 0.161. The SMILES string of the molecule is CC(=O)C(C)c1ccccc1Sc1ccccc1. The fourth-order valence-corrected chi connectivity index (χ4v) is 2.82. The van der Waals surface area contributed by atoms with Gasteiger partial charge in [0.1, 0.15) is 5.78 Å². The van der Waals surface area contributed by atoms with Gasteiger partial charge in [-0.15, -0.1) is 0 Å². The monoisotopic (exact) mass is 256 g/mol. The number of carbonyl (C=O) groups is 1. The summed E-state index contributed by atoms with van der Waals surface area (Å²) < 4.78 is 0. The van der Waals surface area contributed by atoms with E-state index >= 15 is 0 Å². The smallest absolute Gasteiger partial charge is 0.137 e. The first-order valence-corrected chi connectivity index (χ1v) is 6.82. The van der Waals surface area contributed by atoms with Gasteiger partial charge >= 0.3 is 0 Å². The molecule has 0 radical (unpaired) electrons. The molecule has 92 valence electrons. The molecule has 0 heterocycles. The highest BCUT2D eigenvalue weighted by atomic mass is 32.2. The van der Waals surface area contributed by atoms with Crippen LogP contribution < -0.4 is 0 Å². The highest BCUT2D eigenvalue weighted by Crippen LogP contribution is 2.33. The lowest BCUT2D eigenvalue weighted by Gasteiger charge is -2.13. The summed E-state index contributed by atoms with van der Waals surface area (Å²) in [6.45, 7) is 3.61. The highest BCUT2D eigenvalue weighted by Gasteiger charge is 2.14. The normalized spacial score (nSPS) is 12.1. The number of rotatable bonds is 4. The van der Waals surface area contributed by atoms with E-state index in [1.807, 2.05) is 43.3 Å². The number of hydrogen-bond donors (Lipinski definition) is 0. The molecule has 0 saturated carbocycles. The zero-order chi connectivity index (χ0) is 13.0. The van der Waals surface area contributed by atoms with Gasteiger partial charge in [-0.25, -0.2) is 0 Å². The third-order valence-corrected chi connectivity index (χ3v) is 4.07. The minimum absolute atomic E-state index is 0.0441. The third kappa shape index (κ3) is 3.02. The molecule has 2 heteroatoms. The van der Waals surface area contributed by atoms with Crippen molar-refractivity contribution in [2.45, 2.75) is 29.6 Å². The van der Waals surface area contributed by atoms with Crippen LogP contribution >= 0.6 is 11.8 Å². The first-order chi connectivity index (χ1) is 8.68. The number of ketones is 1. The van der Waals surface area contributed by atoms with Crippen molar-refractivity contribution in [2.24, 2.45) is 0 Å². The van der Waals surface area contributed by atoms with Crippen LogP contribution in [-0.4, -0.2) is 5.78 Å². The second-order valence-electron chi connectivity index (χ2n) is 4.29. The van der Waals surface area contributed by atoms with Crippen molar-refractivity contribution >= 4 is 17.5 Å². The maximum absolute atomic E-state index is 11.5. The van der Waals surface area contributed by atoms with Gasteiger partial charge < -0.3 is 0 Å². The van der Waals surface area contributed by atoms with Crippen LogP contribution in [0, 0.1) is 0 Å². The Labute approximate surface area is 112 Å². The Bertz CT molecular complexity index is 534. The molecule has 2 aromatic rings. The lowest BCUT2D eigenvalue weighted by Crippen LogP contribution is -2.05. The average Bonchev–Trinajstić information content (AvgIpc) is 2.39. The molecule has 0 aliphatic heterocycles. The number of carbonyl (C=O) groups excluding carboxylic acids is 1. The molecule has 0 aliphatic rings. The van der Waals surface area contributed by atoms with Crippen molar-refractivity contribution in [1.29, 1.82) is 0 Å². The fraction of sp³-hybridized carbons (Fsp3) is 0.188. The topological polar surface area (TPSA) is 17.1 Å². The molecule has 0 saturated heterocycles. The molecular weight excluding hydrogens is 240 g/mol. The van der Waals surface area contributed by atoms with Crippen molar-refractivity contribution in [1.82, 2.24) is 0 Å². The van der Waals surface area contributed by atoms with E-state index in [-0.39, 0.29) is 11.7 Å². The molecular formula is C16H16OS. The van der Waals surface area contributed by atoms with E-state index in [2.05, 4.69) is 18.2 Å². The van der Waals surface area contributed by atoms with Crippen LogP contribution in [0.15, 0.2) is 64.4 Å². The maximum Gasteiger partial charge on any atom is 0.137 e. The van der Waals surface area contributed by atoms with Gasteiger partial charge in [-0.05, 0) is 30.7 Å². The zero-order valence-corrected chi connectivity index (χ0v) is 11.4. The Kier molecular flexibility index (Phi) is 4.21. The number of hydrogen-bond acceptors (Lipinski definition) is 2. The molecule has 0 aromatic heterocycles. The van der Waals surface area contributed by atoms with Crippen molar-refractivity contribution in [3.8, 4) is 0 Å². The molecule has 0 amide bonds. The van der Waals surface area contributed by atoms with E-state index in [9.17, 15) is 4.79 Å². The Balaban J connectivity index is 2.31. The zero-order valence-electron chi connectivity index (χ0n) is 10.6. The first-order valence-electron chi connectivity index (χ1n) is 6.01. The third-order valence-electron chi connectivity index (χ3n) is 2.97. The second-order valence-corrected chi connectivity index (χ2v) is 5.40. The van der Waals surface area contributed by atoms with Crippen LogP contribution in [0.2, 0.25) is 0 Å². The van der Waals surface area contributed by atoms with Gasteiger partial charge in [0.05, 0.1) is 0 Å². The molecule has 0 aliphatic carbocycles. The van der Waals surface area contributed by atoms with Crippen molar-refractivity contribution in [3.63, 3.8) is 0 Å². The fourth-order valence-electron chi connectivity index (χ4n) is 1.77. The quantitative estimate of drug-likeness (QED) is 0.799. The van der Waals surface area contributed by atoms with E-state index in [1.165, 1.54) is 4.90 Å². The molecule has 1 nitrogen and oxygen atoms in total. The summed E-state index contributed by atoms with van der Waals surface area (Å²) in [4.78, 5) is 13.9. The van der Waals surface area contributed by atoms with E-state index in [0.29, 0.717) is 0 Å². The van der Waals surface area contributed by atoms with Gasteiger partial charge in [-0.3, -0.25) is 4.79 Å². The second kappa shape index (κ2) is 5.87. The van der Waals surface area contributed by atoms with E-state index < -0.39 is 0 Å². The van der Waals surface area contributed by atoms with Crippen molar-refractivity contribution in [3.05, 3.63) is 60.2 Å². The molecule has 18 heavy (non-hydrogen) atoms. The minimum Gasteiger partial charge on any atom is -0.299 e. The molecule has 2 aromatic carbocycles.